The van der Waals surface area contributed by atoms with Crippen molar-refractivity contribution in [2.24, 2.45) is 7.05 Å². The summed E-state index contributed by atoms with van der Waals surface area (Å²) in [5.41, 5.74) is 0.963. The molecule has 1 aromatic carbocycles. The lowest BCUT2D eigenvalue weighted by molar-refractivity contribution is 0.200. The zero-order chi connectivity index (χ0) is 20.1. The Bertz CT molecular complexity index is 910. The van der Waals surface area contributed by atoms with Gasteiger partial charge in [-0.15, -0.1) is 0 Å². The number of aromatic nitrogens is 2. The van der Waals surface area contributed by atoms with Crippen molar-refractivity contribution in [1.29, 1.82) is 0 Å². The van der Waals surface area contributed by atoms with Gasteiger partial charge in [0.25, 0.3) is 0 Å². The summed E-state index contributed by atoms with van der Waals surface area (Å²) in [5.74, 6) is 0.762. The molecule has 28 heavy (non-hydrogen) atoms. The highest BCUT2D eigenvalue weighted by Crippen LogP contribution is 2.17. The van der Waals surface area contributed by atoms with Gasteiger partial charge in [-0.3, -0.25) is 4.68 Å². The SMILES string of the molecule is COc1ccc(CNC(=O)N2CCCN(S(=O)(=O)c3cnn(C)c3)CC2)cc1. The van der Waals surface area contributed by atoms with E-state index >= 15 is 0 Å². The number of methoxy groups -OCH3 is 1. The molecule has 0 atom stereocenters. The topological polar surface area (TPSA) is 96.8 Å². The first kappa shape index (κ1) is 20.2. The van der Waals surface area contributed by atoms with Crippen LogP contribution in [0.15, 0.2) is 41.6 Å². The van der Waals surface area contributed by atoms with E-state index in [1.54, 1.807) is 19.1 Å². The van der Waals surface area contributed by atoms with E-state index in [1.165, 1.54) is 21.4 Å². The van der Waals surface area contributed by atoms with Gasteiger partial charge in [0, 0.05) is 46.0 Å². The number of rotatable bonds is 5. The van der Waals surface area contributed by atoms with Crippen molar-refractivity contribution < 1.29 is 17.9 Å². The van der Waals surface area contributed by atoms with Crippen LogP contribution in [0.1, 0.15) is 12.0 Å². The van der Waals surface area contributed by atoms with Gasteiger partial charge in [-0.2, -0.15) is 9.40 Å². The van der Waals surface area contributed by atoms with Crippen LogP contribution >= 0.6 is 0 Å². The lowest BCUT2D eigenvalue weighted by Crippen LogP contribution is -2.42. The van der Waals surface area contributed by atoms with Crippen LogP contribution in [0.5, 0.6) is 5.75 Å². The highest BCUT2D eigenvalue weighted by molar-refractivity contribution is 7.89. The largest absolute Gasteiger partial charge is 0.497 e. The van der Waals surface area contributed by atoms with Crippen molar-refractivity contribution in [3.63, 3.8) is 0 Å². The summed E-state index contributed by atoms with van der Waals surface area (Å²) >= 11 is 0. The van der Waals surface area contributed by atoms with Crippen LogP contribution in [0, 0.1) is 0 Å². The van der Waals surface area contributed by atoms with Crippen molar-refractivity contribution >= 4 is 16.1 Å². The Balaban J connectivity index is 1.56. The minimum atomic E-state index is -3.60. The van der Waals surface area contributed by atoms with Crippen molar-refractivity contribution in [3.05, 3.63) is 42.2 Å². The molecule has 3 rings (SSSR count). The number of hydrogen-bond acceptors (Lipinski definition) is 5. The summed E-state index contributed by atoms with van der Waals surface area (Å²) < 4.78 is 33.5. The number of ether oxygens (including phenoxy) is 1. The number of benzene rings is 1. The Morgan fingerprint density at radius 1 is 1.18 bits per heavy atom. The molecule has 9 nitrogen and oxygen atoms in total. The molecule has 2 heterocycles. The van der Waals surface area contributed by atoms with Gasteiger partial charge >= 0.3 is 6.03 Å². The maximum absolute atomic E-state index is 12.7. The third-order valence-electron chi connectivity index (χ3n) is 4.66. The molecule has 1 aromatic heterocycles. The Hall–Kier alpha value is -2.59. The molecule has 2 amide bonds. The molecule has 1 fully saturated rings. The molecule has 0 unspecified atom stereocenters. The van der Waals surface area contributed by atoms with E-state index in [4.69, 9.17) is 4.74 Å². The van der Waals surface area contributed by atoms with Crippen molar-refractivity contribution in [2.45, 2.75) is 17.9 Å². The molecule has 0 aliphatic carbocycles. The smallest absolute Gasteiger partial charge is 0.317 e. The van der Waals surface area contributed by atoms with Gasteiger partial charge in [0.05, 0.1) is 13.3 Å². The third kappa shape index (κ3) is 4.63. The average Bonchev–Trinajstić information content (AvgIpc) is 2.99. The normalized spacial score (nSPS) is 15.9. The van der Waals surface area contributed by atoms with Gasteiger partial charge in [0.15, 0.2) is 0 Å². The van der Waals surface area contributed by atoms with Crippen LogP contribution in [0.2, 0.25) is 0 Å². The number of nitrogens with one attached hydrogen (secondary N) is 1. The van der Waals surface area contributed by atoms with Crippen LogP contribution in [0.25, 0.3) is 0 Å². The first-order valence-electron chi connectivity index (χ1n) is 9.04. The zero-order valence-electron chi connectivity index (χ0n) is 16.0. The number of carbonyl (C=O) groups excluding carboxylic acids is 1. The van der Waals surface area contributed by atoms with Gasteiger partial charge in [-0.05, 0) is 24.1 Å². The van der Waals surface area contributed by atoms with E-state index in [1.807, 2.05) is 24.3 Å². The fourth-order valence-corrected chi connectivity index (χ4v) is 4.51. The molecule has 1 aliphatic heterocycles. The summed E-state index contributed by atoms with van der Waals surface area (Å²) in [6.45, 7) is 1.88. The standard InChI is InChI=1S/C18H25N5O4S/c1-21-14-17(13-20-21)28(25,26)23-9-3-8-22(10-11-23)18(24)19-12-15-4-6-16(27-2)7-5-15/h4-7,13-14H,3,8-12H2,1-2H3,(H,19,24). The first-order valence-corrected chi connectivity index (χ1v) is 10.5. The minimum absolute atomic E-state index is 0.174. The molecule has 10 heteroatoms. The van der Waals surface area contributed by atoms with Crippen LogP contribution in [-0.4, -0.2) is 66.7 Å². The van der Waals surface area contributed by atoms with Gasteiger partial charge in [-0.25, -0.2) is 13.2 Å². The monoisotopic (exact) mass is 407 g/mol. The number of urea groups is 1. The first-order chi connectivity index (χ1) is 13.4. The fraction of sp³-hybridized carbons (Fsp3) is 0.444. The minimum Gasteiger partial charge on any atom is -0.497 e. The molecule has 2 aromatic rings. The second kappa shape index (κ2) is 8.61. The van der Waals surface area contributed by atoms with Crippen molar-refractivity contribution in [1.82, 2.24) is 24.3 Å². The van der Waals surface area contributed by atoms with Crippen molar-refractivity contribution in [3.8, 4) is 5.75 Å². The summed E-state index contributed by atoms with van der Waals surface area (Å²) in [7, 11) is -0.314. The predicted octanol–water partition coefficient (Wildman–Crippen LogP) is 1.03. The highest BCUT2D eigenvalue weighted by atomic mass is 32.2. The Morgan fingerprint density at radius 3 is 2.57 bits per heavy atom. The van der Waals surface area contributed by atoms with Crippen LogP contribution in [0.3, 0.4) is 0 Å². The molecular formula is C18H25N5O4S. The average molecular weight is 407 g/mol. The molecular weight excluding hydrogens is 382 g/mol. The molecule has 152 valence electrons. The maximum atomic E-state index is 12.7. The van der Waals surface area contributed by atoms with Gasteiger partial charge in [0.1, 0.15) is 10.6 Å². The zero-order valence-corrected chi connectivity index (χ0v) is 16.9. The molecule has 1 N–H and O–H groups in total. The molecule has 0 spiro atoms. The highest BCUT2D eigenvalue weighted by Gasteiger charge is 2.29. The maximum Gasteiger partial charge on any atom is 0.317 e. The summed E-state index contributed by atoms with van der Waals surface area (Å²) in [5, 5.41) is 6.82. The summed E-state index contributed by atoms with van der Waals surface area (Å²) in [4.78, 5) is 14.3. The predicted molar refractivity (Wildman–Crippen MR) is 103 cm³/mol. The van der Waals surface area contributed by atoms with E-state index in [9.17, 15) is 13.2 Å². The number of nitrogens with zero attached hydrogens (tertiary/aromatic N) is 4. The Kier molecular flexibility index (Phi) is 6.20. The van der Waals surface area contributed by atoms with Gasteiger partial charge in [-0.1, -0.05) is 12.1 Å². The van der Waals surface area contributed by atoms with E-state index in [-0.39, 0.29) is 17.5 Å². The Labute approximate surface area is 164 Å². The number of aryl methyl sites for hydroxylation is 1. The molecule has 1 saturated heterocycles. The molecule has 0 bridgehead atoms. The van der Waals surface area contributed by atoms with E-state index in [0.717, 1.165) is 11.3 Å². The lowest BCUT2D eigenvalue weighted by Gasteiger charge is -2.22. The van der Waals surface area contributed by atoms with Crippen LogP contribution in [0.4, 0.5) is 4.79 Å². The summed E-state index contributed by atoms with van der Waals surface area (Å²) in [6, 6.07) is 7.27. The van der Waals surface area contributed by atoms with E-state index < -0.39 is 10.0 Å². The lowest BCUT2D eigenvalue weighted by atomic mass is 10.2. The number of amides is 2. The van der Waals surface area contributed by atoms with Crippen LogP contribution < -0.4 is 10.1 Å². The molecule has 0 radical (unpaired) electrons. The summed E-state index contributed by atoms with van der Waals surface area (Å²) in [6.07, 6.45) is 3.41. The second-order valence-electron chi connectivity index (χ2n) is 6.60. The van der Waals surface area contributed by atoms with E-state index in [2.05, 4.69) is 10.4 Å². The van der Waals surface area contributed by atoms with E-state index in [0.29, 0.717) is 32.6 Å². The Morgan fingerprint density at radius 2 is 1.93 bits per heavy atom. The molecule has 1 aliphatic rings. The number of sulfonamides is 1. The third-order valence-corrected chi connectivity index (χ3v) is 6.52. The van der Waals surface area contributed by atoms with Crippen molar-refractivity contribution in [2.75, 3.05) is 33.3 Å². The molecule has 0 saturated carbocycles. The quantitative estimate of drug-likeness (QED) is 0.799. The van der Waals surface area contributed by atoms with Crippen LogP contribution in [-0.2, 0) is 23.6 Å². The second-order valence-corrected chi connectivity index (χ2v) is 8.54. The number of hydrogen-bond donors (Lipinski definition) is 1. The van der Waals surface area contributed by atoms with Gasteiger partial charge in [0.2, 0.25) is 10.0 Å². The van der Waals surface area contributed by atoms with Gasteiger partial charge < -0.3 is 15.0 Å². The fourth-order valence-electron chi connectivity index (χ4n) is 3.05. The number of carbonyl (C=O) groups is 1.